The van der Waals surface area contributed by atoms with Gasteiger partial charge in [0.05, 0.1) is 17.2 Å². The van der Waals surface area contributed by atoms with Crippen LogP contribution in [0.1, 0.15) is 39.3 Å². The standard InChI is InChI=1S/C14H17N3O2/c1-13(2,3)19-12(18)17-10-4-7-16-11(8-10)14(9-15)5-6-14/h4,7-8H,5-6H2,1-3H3,(H,16,17,18). The summed E-state index contributed by atoms with van der Waals surface area (Å²) in [6.07, 6.45) is 2.74. The largest absolute Gasteiger partial charge is 0.444 e. The van der Waals surface area contributed by atoms with Gasteiger partial charge in [-0.1, -0.05) is 0 Å². The van der Waals surface area contributed by atoms with E-state index in [2.05, 4.69) is 16.4 Å². The molecule has 0 saturated heterocycles. The van der Waals surface area contributed by atoms with Gasteiger partial charge in [0.1, 0.15) is 5.60 Å². The van der Waals surface area contributed by atoms with Crippen molar-refractivity contribution in [1.29, 1.82) is 5.26 Å². The summed E-state index contributed by atoms with van der Waals surface area (Å²) in [5, 5.41) is 11.8. The van der Waals surface area contributed by atoms with E-state index in [4.69, 9.17) is 10.00 Å². The van der Waals surface area contributed by atoms with Crippen LogP contribution < -0.4 is 5.32 Å². The molecular formula is C14H17N3O2. The number of pyridine rings is 1. The molecule has 5 nitrogen and oxygen atoms in total. The molecule has 0 aliphatic heterocycles. The van der Waals surface area contributed by atoms with Gasteiger partial charge in [-0.2, -0.15) is 5.26 Å². The van der Waals surface area contributed by atoms with Gasteiger partial charge in [-0.15, -0.1) is 0 Å². The smallest absolute Gasteiger partial charge is 0.412 e. The van der Waals surface area contributed by atoms with Crippen LogP contribution in [-0.4, -0.2) is 16.7 Å². The Hall–Kier alpha value is -2.09. The zero-order valence-corrected chi connectivity index (χ0v) is 11.4. The fourth-order valence-electron chi connectivity index (χ4n) is 1.74. The second kappa shape index (κ2) is 4.54. The third kappa shape index (κ3) is 3.22. The van der Waals surface area contributed by atoms with Crippen molar-refractivity contribution < 1.29 is 9.53 Å². The van der Waals surface area contributed by atoms with E-state index in [9.17, 15) is 4.79 Å². The number of carbonyl (C=O) groups is 1. The van der Waals surface area contributed by atoms with Crippen LogP contribution in [0.15, 0.2) is 18.3 Å². The lowest BCUT2D eigenvalue weighted by molar-refractivity contribution is 0.0636. The van der Waals surface area contributed by atoms with E-state index >= 15 is 0 Å². The maximum absolute atomic E-state index is 11.7. The predicted molar refractivity (Wildman–Crippen MR) is 70.6 cm³/mol. The van der Waals surface area contributed by atoms with Crippen LogP contribution in [0.25, 0.3) is 0 Å². The minimum Gasteiger partial charge on any atom is -0.444 e. The molecule has 1 N–H and O–H groups in total. The molecular weight excluding hydrogens is 242 g/mol. The lowest BCUT2D eigenvalue weighted by Gasteiger charge is -2.19. The number of ether oxygens (including phenoxy) is 1. The molecule has 100 valence electrons. The van der Waals surface area contributed by atoms with Crippen LogP contribution in [-0.2, 0) is 10.2 Å². The number of carbonyl (C=O) groups excluding carboxylic acids is 1. The Morgan fingerprint density at radius 1 is 1.53 bits per heavy atom. The highest BCUT2D eigenvalue weighted by Gasteiger charge is 2.46. The predicted octanol–water partition coefficient (Wildman–Crippen LogP) is 2.98. The van der Waals surface area contributed by atoms with Gasteiger partial charge in [-0.3, -0.25) is 10.3 Å². The molecule has 1 aromatic heterocycles. The molecule has 0 aromatic carbocycles. The highest BCUT2D eigenvalue weighted by molar-refractivity contribution is 5.84. The molecule has 0 radical (unpaired) electrons. The van der Waals surface area contributed by atoms with Crippen molar-refractivity contribution in [2.24, 2.45) is 0 Å². The fourth-order valence-corrected chi connectivity index (χ4v) is 1.74. The number of hydrogen-bond acceptors (Lipinski definition) is 4. The van der Waals surface area contributed by atoms with Crippen LogP contribution in [0, 0.1) is 11.3 Å². The maximum atomic E-state index is 11.7. The van der Waals surface area contributed by atoms with Crippen LogP contribution in [0.4, 0.5) is 10.5 Å². The summed E-state index contributed by atoms with van der Waals surface area (Å²) in [4.78, 5) is 15.9. The highest BCUT2D eigenvalue weighted by Crippen LogP contribution is 2.46. The first-order valence-corrected chi connectivity index (χ1v) is 6.22. The fraction of sp³-hybridized carbons (Fsp3) is 0.500. The van der Waals surface area contributed by atoms with E-state index in [1.165, 1.54) is 0 Å². The average Bonchev–Trinajstić information content (AvgIpc) is 3.07. The maximum Gasteiger partial charge on any atom is 0.412 e. The second-order valence-electron chi connectivity index (χ2n) is 5.75. The van der Waals surface area contributed by atoms with Crippen LogP contribution in [0.5, 0.6) is 0 Å². The van der Waals surface area contributed by atoms with E-state index < -0.39 is 17.1 Å². The monoisotopic (exact) mass is 259 g/mol. The van der Waals surface area contributed by atoms with Gasteiger partial charge >= 0.3 is 6.09 Å². The molecule has 0 atom stereocenters. The average molecular weight is 259 g/mol. The normalized spacial score (nSPS) is 16.3. The number of anilines is 1. The molecule has 1 heterocycles. The topological polar surface area (TPSA) is 75.0 Å². The van der Waals surface area contributed by atoms with Gasteiger partial charge in [0.15, 0.2) is 0 Å². The van der Waals surface area contributed by atoms with E-state index in [1.54, 1.807) is 39.1 Å². The molecule has 1 amide bonds. The Morgan fingerprint density at radius 3 is 2.74 bits per heavy atom. The second-order valence-corrected chi connectivity index (χ2v) is 5.75. The lowest BCUT2D eigenvalue weighted by atomic mass is 10.0. The molecule has 2 rings (SSSR count). The van der Waals surface area contributed by atoms with E-state index in [0.29, 0.717) is 11.4 Å². The summed E-state index contributed by atoms with van der Waals surface area (Å²) in [7, 11) is 0. The van der Waals surface area contributed by atoms with Crippen LogP contribution >= 0.6 is 0 Å². The van der Waals surface area contributed by atoms with Crippen LogP contribution in [0.3, 0.4) is 0 Å². The summed E-state index contributed by atoms with van der Waals surface area (Å²) < 4.78 is 5.17. The van der Waals surface area contributed by atoms with Crippen molar-refractivity contribution in [2.75, 3.05) is 5.32 Å². The van der Waals surface area contributed by atoms with Crippen molar-refractivity contribution in [3.8, 4) is 6.07 Å². The number of aromatic nitrogens is 1. The molecule has 19 heavy (non-hydrogen) atoms. The molecule has 0 unspecified atom stereocenters. The highest BCUT2D eigenvalue weighted by atomic mass is 16.6. The van der Waals surface area contributed by atoms with Gasteiger partial charge in [0.2, 0.25) is 0 Å². The number of nitrogens with zero attached hydrogens (tertiary/aromatic N) is 2. The SMILES string of the molecule is CC(C)(C)OC(=O)Nc1ccnc(C2(C#N)CC2)c1. The van der Waals surface area contributed by atoms with Crippen LogP contribution in [0.2, 0.25) is 0 Å². The molecule has 1 aromatic rings. The quantitative estimate of drug-likeness (QED) is 0.885. The molecule has 1 saturated carbocycles. The van der Waals surface area contributed by atoms with Crippen molar-refractivity contribution in [3.63, 3.8) is 0 Å². The van der Waals surface area contributed by atoms with Crippen molar-refractivity contribution in [2.45, 2.75) is 44.6 Å². The van der Waals surface area contributed by atoms with Gasteiger partial charge < -0.3 is 4.74 Å². The zero-order valence-electron chi connectivity index (χ0n) is 11.4. The first-order chi connectivity index (χ1) is 8.85. The molecule has 1 aliphatic carbocycles. The number of amides is 1. The molecule has 0 bridgehead atoms. The number of rotatable bonds is 2. The van der Waals surface area contributed by atoms with Gasteiger partial charge in [-0.25, -0.2) is 4.79 Å². The van der Waals surface area contributed by atoms with E-state index in [0.717, 1.165) is 12.8 Å². The summed E-state index contributed by atoms with van der Waals surface area (Å²) in [5.74, 6) is 0. The third-order valence-electron chi connectivity index (χ3n) is 2.86. The first-order valence-electron chi connectivity index (χ1n) is 6.22. The number of hydrogen-bond donors (Lipinski definition) is 1. The molecule has 5 heteroatoms. The summed E-state index contributed by atoms with van der Waals surface area (Å²) in [5.41, 5.74) is 0.319. The minimum absolute atomic E-state index is 0.453. The Balaban J connectivity index is 2.08. The zero-order chi connectivity index (χ0) is 14.1. The molecule has 1 fully saturated rings. The Bertz CT molecular complexity index is 536. The Morgan fingerprint density at radius 2 is 2.21 bits per heavy atom. The van der Waals surface area contributed by atoms with Gasteiger partial charge in [0, 0.05) is 11.9 Å². The summed E-state index contributed by atoms with van der Waals surface area (Å²) in [6.45, 7) is 5.41. The van der Waals surface area contributed by atoms with Crippen molar-refractivity contribution in [1.82, 2.24) is 4.98 Å². The Kier molecular flexibility index (Phi) is 3.19. The van der Waals surface area contributed by atoms with Gasteiger partial charge in [-0.05, 0) is 45.7 Å². The lowest BCUT2D eigenvalue weighted by Crippen LogP contribution is -2.27. The summed E-state index contributed by atoms with van der Waals surface area (Å²) >= 11 is 0. The van der Waals surface area contributed by atoms with E-state index in [-0.39, 0.29) is 0 Å². The molecule has 1 aliphatic rings. The summed E-state index contributed by atoms with van der Waals surface area (Å²) in [6, 6.07) is 5.70. The third-order valence-corrected chi connectivity index (χ3v) is 2.86. The minimum atomic E-state index is -0.537. The number of nitriles is 1. The van der Waals surface area contributed by atoms with Gasteiger partial charge in [0.25, 0.3) is 0 Å². The Labute approximate surface area is 112 Å². The first kappa shape index (κ1) is 13.3. The van der Waals surface area contributed by atoms with Crippen molar-refractivity contribution >= 4 is 11.8 Å². The van der Waals surface area contributed by atoms with Crippen molar-refractivity contribution in [3.05, 3.63) is 24.0 Å². The molecule has 0 spiro atoms. The number of nitrogens with one attached hydrogen (secondary N) is 1. The van der Waals surface area contributed by atoms with E-state index in [1.807, 2.05) is 0 Å².